The monoisotopic (exact) mass is 174 g/mol. The fourth-order valence-electron chi connectivity index (χ4n) is 1.86. The van der Waals surface area contributed by atoms with E-state index in [4.69, 9.17) is 0 Å². The zero-order chi connectivity index (χ0) is 8.93. The first-order valence-electron chi connectivity index (χ1n) is 5.03. The van der Waals surface area contributed by atoms with Crippen molar-refractivity contribution in [3.8, 4) is 0 Å². The van der Waals surface area contributed by atoms with Crippen LogP contribution in [0.2, 0.25) is 0 Å². The van der Waals surface area contributed by atoms with Crippen LogP contribution in [0.3, 0.4) is 0 Å². The Morgan fingerprint density at radius 2 is 2.08 bits per heavy atom. The number of nitrogens with one attached hydrogen (secondary N) is 1. The first-order valence-corrected chi connectivity index (χ1v) is 5.03. The van der Waals surface area contributed by atoms with Gasteiger partial charge in [0.2, 0.25) is 0 Å². The lowest BCUT2D eigenvalue weighted by atomic mass is 9.92. The summed E-state index contributed by atoms with van der Waals surface area (Å²) in [7, 11) is 0. The van der Waals surface area contributed by atoms with Crippen molar-refractivity contribution in [2.75, 3.05) is 13.1 Å². The lowest BCUT2D eigenvalue weighted by molar-refractivity contribution is 0.462. The van der Waals surface area contributed by atoms with E-state index in [-0.39, 0.29) is 0 Å². The molecule has 2 rings (SSSR count). The Bertz CT molecular complexity index is 237. The minimum atomic E-state index is 0.733. The topological polar surface area (TPSA) is 12.0 Å². The van der Waals surface area contributed by atoms with Crippen LogP contribution in [0.4, 0.5) is 0 Å². The van der Waals surface area contributed by atoms with Gasteiger partial charge in [0.25, 0.3) is 0 Å². The Morgan fingerprint density at radius 1 is 1.23 bits per heavy atom. The molecular formula is C12H16N. The van der Waals surface area contributed by atoms with E-state index in [2.05, 4.69) is 42.1 Å². The molecule has 0 aliphatic carbocycles. The fraction of sp³-hybridized carbons (Fsp3) is 0.417. The molecular weight excluding hydrogens is 158 g/mol. The van der Waals surface area contributed by atoms with Gasteiger partial charge < -0.3 is 5.32 Å². The van der Waals surface area contributed by atoms with Crippen LogP contribution in [-0.4, -0.2) is 13.1 Å². The van der Waals surface area contributed by atoms with Crippen molar-refractivity contribution in [2.45, 2.75) is 12.8 Å². The molecule has 1 heterocycles. The summed E-state index contributed by atoms with van der Waals surface area (Å²) in [5.74, 6) is 0.733. The molecule has 0 aromatic heterocycles. The van der Waals surface area contributed by atoms with E-state index in [1.54, 1.807) is 0 Å². The SMILES string of the molecule is [CH]1CCNCC1Cc1ccccc1. The van der Waals surface area contributed by atoms with Crippen molar-refractivity contribution in [2.24, 2.45) is 5.92 Å². The molecule has 1 fully saturated rings. The van der Waals surface area contributed by atoms with Crippen LogP contribution in [0.5, 0.6) is 0 Å². The summed E-state index contributed by atoms with van der Waals surface area (Å²) in [5, 5.41) is 3.42. The Hall–Kier alpha value is -0.820. The second-order valence-corrected chi connectivity index (χ2v) is 3.68. The predicted molar refractivity (Wildman–Crippen MR) is 55.4 cm³/mol. The van der Waals surface area contributed by atoms with E-state index in [9.17, 15) is 0 Å². The highest BCUT2D eigenvalue weighted by Gasteiger charge is 2.12. The van der Waals surface area contributed by atoms with Crippen molar-refractivity contribution in [3.05, 3.63) is 42.3 Å². The van der Waals surface area contributed by atoms with Crippen LogP contribution in [0, 0.1) is 12.3 Å². The molecule has 1 atom stereocenters. The third kappa shape index (κ3) is 2.56. The number of piperidine rings is 1. The summed E-state index contributed by atoms with van der Waals surface area (Å²) >= 11 is 0. The Morgan fingerprint density at radius 3 is 2.77 bits per heavy atom. The summed E-state index contributed by atoms with van der Waals surface area (Å²) in [6.07, 6.45) is 4.86. The molecule has 1 heteroatoms. The Labute approximate surface area is 80.2 Å². The quantitative estimate of drug-likeness (QED) is 0.723. The second-order valence-electron chi connectivity index (χ2n) is 3.68. The molecule has 0 spiro atoms. The van der Waals surface area contributed by atoms with Crippen LogP contribution in [-0.2, 0) is 6.42 Å². The average molecular weight is 174 g/mol. The van der Waals surface area contributed by atoms with Gasteiger partial charge in [-0.25, -0.2) is 0 Å². The summed E-state index contributed by atoms with van der Waals surface area (Å²) in [6.45, 7) is 2.31. The van der Waals surface area contributed by atoms with Crippen molar-refractivity contribution < 1.29 is 0 Å². The number of benzene rings is 1. The predicted octanol–water partition coefficient (Wildman–Crippen LogP) is 2.04. The first-order chi connectivity index (χ1) is 6.45. The molecule has 1 nitrogen and oxygen atoms in total. The van der Waals surface area contributed by atoms with Gasteiger partial charge in [-0.15, -0.1) is 0 Å². The molecule has 13 heavy (non-hydrogen) atoms. The number of hydrogen-bond donors (Lipinski definition) is 1. The normalized spacial score (nSPS) is 22.9. The van der Waals surface area contributed by atoms with E-state index in [1.165, 1.54) is 18.4 Å². The maximum atomic E-state index is 3.42. The minimum Gasteiger partial charge on any atom is -0.316 e. The van der Waals surface area contributed by atoms with Gasteiger partial charge in [-0.05, 0) is 43.8 Å². The minimum absolute atomic E-state index is 0.733. The second kappa shape index (κ2) is 4.43. The van der Waals surface area contributed by atoms with E-state index in [0.29, 0.717) is 0 Å². The summed E-state index contributed by atoms with van der Waals surface area (Å²) in [6, 6.07) is 10.7. The first kappa shape index (κ1) is 8.76. The summed E-state index contributed by atoms with van der Waals surface area (Å²) < 4.78 is 0. The van der Waals surface area contributed by atoms with Crippen molar-refractivity contribution >= 4 is 0 Å². The molecule has 1 aromatic carbocycles. The van der Waals surface area contributed by atoms with Crippen LogP contribution in [0.1, 0.15) is 12.0 Å². The van der Waals surface area contributed by atoms with Crippen LogP contribution < -0.4 is 5.32 Å². The molecule has 1 saturated heterocycles. The van der Waals surface area contributed by atoms with E-state index in [0.717, 1.165) is 19.0 Å². The zero-order valence-electron chi connectivity index (χ0n) is 7.87. The van der Waals surface area contributed by atoms with Gasteiger partial charge in [-0.3, -0.25) is 0 Å². The van der Waals surface area contributed by atoms with Crippen LogP contribution >= 0.6 is 0 Å². The lowest BCUT2D eigenvalue weighted by Gasteiger charge is -2.22. The van der Waals surface area contributed by atoms with Crippen molar-refractivity contribution in [3.63, 3.8) is 0 Å². The average Bonchev–Trinajstić information content (AvgIpc) is 2.21. The van der Waals surface area contributed by atoms with Gasteiger partial charge in [0.1, 0.15) is 0 Å². The van der Waals surface area contributed by atoms with E-state index in [1.807, 2.05) is 0 Å². The highest BCUT2D eigenvalue weighted by molar-refractivity contribution is 5.16. The molecule has 1 unspecified atom stereocenters. The van der Waals surface area contributed by atoms with Gasteiger partial charge in [0.05, 0.1) is 0 Å². The molecule has 0 saturated carbocycles. The molecule has 1 aliphatic rings. The summed E-state index contributed by atoms with van der Waals surface area (Å²) in [5.41, 5.74) is 1.45. The molecule has 1 radical (unpaired) electrons. The molecule has 1 aromatic rings. The van der Waals surface area contributed by atoms with Crippen LogP contribution in [0.25, 0.3) is 0 Å². The largest absolute Gasteiger partial charge is 0.316 e. The smallest absolute Gasteiger partial charge is 0.00146 e. The number of hydrogen-bond acceptors (Lipinski definition) is 1. The highest BCUT2D eigenvalue weighted by Crippen LogP contribution is 2.14. The third-order valence-corrected chi connectivity index (χ3v) is 2.57. The standard InChI is InChI=1S/C12H16N/c1-2-5-11(6-3-1)9-12-7-4-8-13-10-12/h1-3,5-7,12-13H,4,8-10H2. The molecule has 1 N–H and O–H groups in total. The van der Waals surface area contributed by atoms with Gasteiger partial charge in [0, 0.05) is 0 Å². The van der Waals surface area contributed by atoms with Crippen LogP contribution in [0.15, 0.2) is 30.3 Å². The van der Waals surface area contributed by atoms with Gasteiger partial charge in [-0.1, -0.05) is 30.3 Å². The molecule has 1 aliphatic heterocycles. The van der Waals surface area contributed by atoms with Gasteiger partial charge in [0.15, 0.2) is 0 Å². The maximum Gasteiger partial charge on any atom is -0.00146 e. The van der Waals surface area contributed by atoms with Gasteiger partial charge in [-0.2, -0.15) is 0 Å². The molecule has 0 amide bonds. The van der Waals surface area contributed by atoms with Crippen molar-refractivity contribution in [1.29, 1.82) is 0 Å². The molecule has 69 valence electrons. The van der Waals surface area contributed by atoms with E-state index >= 15 is 0 Å². The summed E-state index contributed by atoms with van der Waals surface area (Å²) in [4.78, 5) is 0. The maximum absolute atomic E-state index is 3.42. The van der Waals surface area contributed by atoms with Gasteiger partial charge >= 0.3 is 0 Å². The fourth-order valence-corrected chi connectivity index (χ4v) is 1.86. The highest BCUT2D eigenvalue weighted by atomic mass is 14.9. The number of rotatable bonds is 2. The van der Waals surface area contributed by atoms with Crippen molar-refractivity contribution in [1.82, 2.24) is 5.32 Å². The molecule has 0 bridgehead atoms. The zero-order valence-corrected chi connectivity index (χ0v) is 7.87. The Balaban J connectivity index is 1.90. The Kier molecular flexibility index (Phi) is 2.98. The van der Waals surface area contributed by atoms with E-state index < -0.39 is 0 Å². The third-order valence-electron chi connectivity index (χ3n) is 2.57. The lowest BCUT2D eigenvalue weighted by Crippen LogP contribution is -2.31.